The van der Waals surface area contributed by atoms with E-state index in [4.69, 9.17) is 4.74 Å². The van der Waals surface area contributed by atoms with Crippen molar-refractivity contribution >= 4 is 27.4 Å². The summed E-state index contributed by atoms with van der Waals surface area (Å²) in [6, 6.07) is 3.29. The van der Waals surface area contributed by atoms with Crippen LogP contribution in [0.4, 0.5) is 0 Å². The van der Waals surface area contributed by atoms with Crippen molar-refractivity contribution in [2.75, 3.05) is 25.4 Å². The van der Waals surface area contributed by atoms with Gasteiger partial charge in [-0.15, -0.1) is 10.2 Å². The molecule has 0 radical (unpaired) electrons. The minimum Gasteiger partial charge on any atom is -0.377 e. The number of hydrogen-bond donors (Lipinski definition) is 0. The minimum atomic E-state index is -3.50. The Hall–Kier alpha value is -1.16. The van der Waals surface area contributed by atoms with Crippen molar-refractivity contribution < 1.29 is 13.2 Å². The number of thioether (sulfide) groups is 1. The highest BCUT2D eigenvalue weighted by Crippen LogP contribution is 2.24. The van der Waals surface area contributed by atoms with Gasteiger partial charge in [0.2, 0.25) is 10.0 Å². The van der Waals surface area contributed by atoms with E-state index in [-0.39, 0.29) is 11.0 Å². The summed E-state index contributed by atoms with van der Waals surface area (Å²) in [7, 11) is -3.50. The fourth-order valence-corrected chi connectivity index (χ4v) is 5.36. The third-order valence-electron chi connectivity index (χ3n) is 4.36. The molecular weight excluding hydrogens is 360 g/mol. The Labute approximate surface area is 152 Å². The summed E-state index contributed by atoms with van der Waals surface area (Å²) in [5, 5.41) is 9.03. The van der Waals surface area contributed by atoms with E-state index in [9.17, 15) is 8.42 Å². The van der Waals surface area contributed by atoms with Crippen molar-refractivity contribution in [3.63, 3.8) is 0 Å². The zero-order chi connectivity index (χ0) is 17.9. The molecule has 3 heterocycles. The van der Waals surface area contributed by atoms with Crippen molar-refractivity contribution in [1.29, 1.82) is 0 Å². The average molecular weight is 385 g/mol. The van der Waals surface area contributed by atoms with Gasteiger partial charge < -0.3 is 4.74 Å². The lowest BCUT2D eigenvalue weighted by Crippen LogP contribution is -2.30. The predicted octanol–water partition coefficient (Wildman–Crippen LogP) is 2.42. The van der Waals surface area contributed by atoms with Crippen LogP contribution >= 0.6 is 11.8 Å². The van der Waals surface area contributed by atoms with Crippen LogP contribution in [0.15, 0.2) is 28.4 Å². The largest absolute Gasteiger partial charge is 0.377 e. The van der Waals surface area contributed by atoms with Crippen LogP contribution in [0.25, 0.3) is 5.65 Å². The topological polar surface area (TPSA) is 76.8 Å². The summed E-state index contributed by atoms with van der Waals surface area (Å²) in [6.07, 6.45) is 5.23. The third kappa shape index (κ3) is 3.99. The number of rotatable bonds is 7. The SMILES string of the molecule is CCN(CC)S(=O)(=O)c1ccc2nnc(SCC3CCCCO3)n2c1. The molecule has 0 amide bonds. The van der Waals surface area contributed by atoms with Crippen LogP contribution in [-0.4, -0.2) is 58.9 Å². The molecule has 7 nitrogen and oxygen atoms in total. The van der Waals surface area contributed by atoms with Gasteiger partial charge in [-0.05, 0) is 31.4 Å². The number of aromatic nitrogens is 3. The molecule has 1 fully saturated rings. The molecule has 3 rings (SSSR count). The second-order valence-corrected chi connectivity index (χ2v) is 8.89. The fourth-order valence-electron chi connectivity index (χ4n) is 2.92. The van der Waals surface area contributed by atoms with Gasteiger partial charge in [0, 0.05) is 31.6 Å². The van der Waals surface area contributed by atoms with E-state index in [1.165, 1.54) is 10.7 Å². The average Bonchev–Trinajstić information content (AvgIpc) is 3.04. The molecule has 0 aromatic carbocycles. The summed E-state index contributed by atoms with van der Waals surface area (Å²) in [4.78, 5) is 0.263. The molecule has 2 aromatic rings. The molecule has 25 heavy (non-hydrogen) atoms. The van der Waals surface area contributed by atoms with Gasteiger partial charge in [-0.25, -0.2) is 8.42 Å². The number of ether oxygens (including phenoxy) is 1. The van der Waals surface area contributed by atoms with Crippen LogP contribution in [0.1, 0.15) is 33.1 Å². The summed E-state index contributed by atoms with van der Waals surface area (Å²) in [6.45, 7) is 5.38. The van der Waals surface area contributed by atoms with E-state index in [1.807, 2.05) is 13.8 Å². The Balaban J connectivity index is 1.84. The molecule has 0 spiro atoms. The van der Waals surface area contributed by atoms with E-state index in [0.717, 1.165) is 25.2 Å². The van der Waals surface area contributed by atoms with Crippen LogP contribution in [0.2, 0.25) is 0 Å². The van der Waals surface area contributed by atoms with Crippen molar-refractivity contribution in [3.8, 4) is 0 Å². The molecule has 1 aliphatic heterocycles. The first-order valence-corrected chi connectivity index (χ1v) is 11.1. The highest BCUT2D eigenvalue weighted by Gasteiger charge is 2.23. The second kappa shape index (κ2) is 8.03. The molecule has 2 aromatic heterocycles. The van der Waals surface area contributed by atoms with Gasteiger partial charge in [0.25, 0.3) is 0 Å². The second-order valence-electron chi connectivity index (χ2n) is 5.96. The molecule has 1 saturated heterocycles. The number of hydrogen-bond acceptors (Lipinski definition) is 6. The van der Waals surface area contributed by atoms with Gasteiger partial charge >= 0.3 is 0 Å². The lowest BCUT2D eigenvalue weighted by Gasteiger charge is -2.21. The highest BCUT2D eigenvalue weighted by molar-refractivity contribution is 7.99. The molecule has 138 valence electrons. The normalized spacial score (nSPS) is 18.9. The van der Waals surface area contributed by atoms with E-state index in [2.05, 4.69) is 10.2 Å². The van der Waals surface area contributed by atoms with Gasteiger partial charge in [-0.2, -0.15) is 4.31 Å². The molecule has 0 saturated carbocycles. The quantitative estimate of drug-likeness (QED) is 0.683. The minimum absolute atomic E-state index is 0.230. The van der Waals surface area contributed by atoms with E-state index < -0.39 is 10.0 Å². The van der Waals surface area contributed by atoms with Gasteiger partial charge in [0.05, 0.1) is 11.0 Å². The van der Waals surface area contributed by atoms with Gasteiger partial charge in [-0.1, -0.05) is 25.6 Å². The summed E-state index contributed by atoms with van der Waals surface area (Å²) in [5.41, 5.74) is 0.644. The number of fused-ring (bicyclic) bond motifs is 1. The third-order valence-corrected chi connectivity index (χ3v) is 7.47. The monoisotopic (exact) mass is 384 g/mol. The summed E-state index contributed by atoms with van der Waals surface area (Å²) < 4.78 is 34.4. The van der Waals surface area contributed by atoms with E-state index in [0.29, 0.717) is 23.9 Å². The van der Waals surface area contributed by atoms with E-state index >= 15 is 0 Å². The van der Waals surface area contributed by atoms with Crippen LogP contribution in [0, 0.1) is 0 Å². The summed E-state index contributed by atoms with van der Waals surface area (Å²) in [5.74, 6) is 0.799. The highest BCUT2D eigenvalue weighted by atomic mass is 32.2. The predicted molar refractivity (Wildman–Crippen MR) is 97.4 cm³/mol. The Bertz CT molecular complexity index is 812. The maximum atomic E-state index is 12.7. The first-order chi connectivity index (χ1) is 12.1. The number of pyridine rings is 1. The molecule has 1 aliphatic rings. The van der Waals surface area contributed by atoms with Crippen molar-refractivity contribution in [3.05, 3.63) is 18.3 Å². The molecule has 0 aliphatic carbocycles. The Morgan fingerprint density at radius 1 is 1.28 bits per heavy atom. The standard InChI is InChI=1S/C16H24N4O3S2/c1-3-19(4-2)25(21,22)14-8-9-15-17-18-16(20(15)11-14)24-12-13-7-5-6-10-23-13/h8-9,11,13H,3-7,10,12H2,1-2H3. The molecule has 9 heteroatoms. The zero-order valence-electron chi connectivity index (χ0n) is 14.6. The molecule has 1 atom stereocenters. The lowest BCUT2D eigenvalue weighted by molar-refractivity contribution is 0.0315. The smallest absolute Gasteiger partial charge is 0.244 e. The Kier molecular flexibility index (Phi) is 5.98. The van der Waals surface area contributed by atoms with Crippen molar-refractivity contribution in [2.45, 2.75) is 49.3 Å². The maximum Gasteiger partial charge on any atom is 0.244 e. The lowest BCUT2D eigenvalue weighted by atomic mass is 10.1. The molecule has 0 bridgehead atoms. The zero-order valence-corrected chi connectivity index (χ0v) is 16.2. The van der Waals surface area contributed by atoms with Gasteiger partial charge in [0.15, 0.2) is 10.8 Å². The fraction of sp³-hybridized carbons (Fsp3) is 0.625. The van der Waals surface area contributed by atoms with Crippen LogP contribution in [-0.2, 0) is 14.8 Å². The number of nitrogens with zero attached hydrogens (tertiary/aromatic N) is 4. The van der Waals surface area contributed by atoms with Gasteiger partial charge in [-0.3, -0.25) is 4.40 Å². The Morgan fingerprint density at radius 2 is 2.08 bits per heavy atom. The molecule has 1 unspecified atom stereocenters. The maximum absolute atomic E-state index is 12.7. The Morgan fingerprint density at radius 3 is 2.76 bits per heavy atom. The molecular formula is C16H24N4O3S2. The number of sulfonamides is 1. The first-order valence-electron chi connectivity index (χ1n) is 8.65. The molecule has 0 N–H and O–H groups in total. The summed E-state index contributed by atoms with van der Waals surface area (Å²) >= 11 is 1.56. The van der Waals surface area contributed by atoms with Gasteiger partial charge in [0.1, 0.15) is 0 Å². The van der Waals surface area contributed by atoms with E-state index in [1.54, 1.807) is 34.5 Å². The van der Waals surface area contributed by atoms with Crippen molar-refractivity contribution in [1.82, 2.24) is 18.9 Å². The first kappa shape index (κ1) is 18.6. The van der Waals surface area contributed by atoms with Crippen molar-refractivity contribution in [2.24, 2.45) is 0 Å². The van der Waals surface area contributed by atoms with Crippen LogP contribution < -0.4 is 0 Å². The van der Waals surface area contributed by atoms with Crippen LogP contribution in [0.5, 0.6) is 0 Å². The van der Waals surface area contributed by atoms with Crippen LogP contribution in [0.3, 0.4) is 0 Å².